The molecule has 136 valence electrons. The van der Waals surface area contributed by atoms with Crippen molar-refractivity contribution in [3.05, 3.63) is 72.1 Å². The number of para-hydroxylation sites is 1. The molecule has 0 bridgehead atoms. The zero-order valence-electron chi connectivity index (χ0n) is 14.6. The van der Waals surface area contributed by atoms with E-state index in [9.17, 15) is 9.59 Å². The van der Waals surface area contributed by atoms with Gasteiger partial charge in [-0.25, -0.2) is 0 Å². The van der Waals surface area contributed by atoms with Gasteiger partial charge in [0.1, 0.15) is 24.0 Å². The number of aryl methyl sites for hydroxylation is 1. The maximum Gasteiger partial charge on any atom is 0.322 e. The zero-order valence-corrected chi connectivity index (χ0v) is 14.6. The average Bonchev–Trinajstić information content (AvgIpc) is 3.29. The molecule has 7 heteroatoms. The molecule has 2 aromatic carbocycles. The van der Waals surface area contributed by atoms with Crippen LogP contribution in [-0.2, 0) is 11.8 Å². The van der Waals surface area contributed by atoms with Crippen LogP contribution in [0.15, 0.2) is 60.9 Å². The Morgan fingerprint density at radius 3 is 2.70 bits per heavy atom. The summed E-state index contributed by atoms with van der Waals surface area (Å²) in [5.74, 6) is 0.0579. The number of benzene rings is 2. The van der Waals surface area contributed by atoms with Gasteiger partial charge in [0.15, 0.2) is 0 Å². The first-order chi connectivity index (χ1) is 13.1. The number of amides is 1. The Balaban J connectivity index is 1.39. The van der Waals surface area contributed by atoms with Gasteiger partial charge >= 0.3 is 5.97 Å². The number of carbonyl (C=O) groups is 2. The number of anilines is 1. The molecule has 0 spiro atoms. The van der Waals surface area contributed by atoms with Crippen molar-refractivity contribution in [3.8, 4) is 11.5 Å². The predicted molar refractivity (Wildman–Crippen MR) is 97.9 cm³/mol. The first kappa shape index (κ1) is 16.8. The Hall–Kier alpha value is -3.61. The third kappa shape index (κ3) is 3.52. The molecule has 1 unspecified atom stereocenters. The van der Waals surface area contributed by atoms with Crippen LogP contribution in [0.25, 0.3) is 0 Å². The van der Waals surface area contributed by atoms with E-state index >= 15 is 0 Å². The van der Waals surface area contributed by atoms with Gasteiger partial charge in [-0.1, -0.05) is 18.2 Å². The maximum absolute atomic E-state index is 12.4. The van der Waals surface area contributed by atoms with Gasteiger partial charge in [-0.15, -0.1) is 0 Å². The van der Waals surface area contributed by atoms with Gasteiger partial charge in [0.05, 0.1) is 11.8 Å². The smallest absolute Gasteiger partial charge is 0.322 e. The number of hydrogen-bond acceptors (Lipinski definition) is 5. The first-order valence-corrected chi connectivity index (χ1v) is 8.43. The van der Waals surface area contributed by atoms with E-state index in [2.05, 4.69) is 10.4 Å². The van der Waals surface area contributed by atoms with E-state index in [0.717, 1.165) is 5.56 Å². The lowest BCUT2D eigenvalue weighted by Crippen LogP contribution is -2.20. The van der Waals surface area contributed by atoms with Crippen molar-refractivity contribution >= 4 is 17.6 Å². The summed E-state index contributed by atoms with van der Waals surface area (Å²) in [6.07, 6.45) is 3.12. The third-order valence-corrected chi connectivity index (χ3v) is 4.28. The van der Waals surface area contributed by atoms with Crippen LogP contribution in [0.2, 0.25) is 0 Å². The number of hydrogen-bond donors (Lipinski definition) is 1. The van der Waals surface area contributed by atoms with E-state index in [0.29, 0.717) is 22.7 Å². The van der Waals surface area contributed by atoms with E-state index in [1.54, 1.807) is 42.2 Å². The van der Waals surface area contributed by atoms with Gasteiger partial charge in [0, 0.05) is 24.5 Å². The molecule has 1 amide bonds. The molecule has 0 radical (unpaired) electrons. The van der Waals surface area contributed by atoms with Crippen molar-refractivity contribution in [1.29, 1.82) is 0 Å². The lowest BCUT2D eigenvalue weighted by atomic mass is 10.0. The SMILES string of the molecule is Cn1cc(C(=O)Nc2ccc(OC(=O)C3COc4ccccc43)cc2)cn1. The molecule has 0 saturated heterocycles. The van der Waals surface area contributed by atoms with Gasteiger partial charge in [0.25, 0.3) is 5.91 Å². The Kier molecular flexibility index (Phi) is 4.33. The lowest BCUT2D eigenvalue weighted by molar-refractivity contribution is -0.136. The predicted octanol–water partition coefficient (Wildman–Crippen LogP) is 2.75. The number of ether oxygens (including phenoxy) is 2. The first-order valence-electron chi connectivity index (χ1n) is 8.43. The average molecular weight is 363 g/mol. The standard InChI is InChI=1S/C20H17N3O4/c1-23-11-13(10-21-23)19(24)22-14-6-8-15(9-7-14)27-20(25)17-12-26-18-5-3-2-4-16(17)18/h2-11,17H,12H2,1H3,(H,22,24). The van der Waals surface area contributed by atoms with Crippen LogP contribution in [0.3, 0.4) is 0 Å². The minimum atomic E-state index is -0.439. The number of aromatic nitrogens is 2. The monoisotopic (exact) mass is 363 g/mol. The molecule has 1 N–H and O–H groups in total. The molecular formula is C20H17N3O4. The van der Waals surface area contributed by atoms with Crippen molar-refractivity contribution in [1.82, 2.24) is 9.78 Å². The molecule has 1 aliphatic rings. The number of rotatable bonds is 4. The fourth-order valence-corrected chi connectivity index (χ4v) is 2.89. The van der Waals surface area contributed by atoms with Crippen LogP contribution < -0.4 is 14.8 Å². The topological polar surface area (TPSA) is 82.5 Å². The Labute approximate surface area is 155 Å². The molecule has 4 rings (SSSR count). The van der Waals surface area contributed by atoms with Crippen molar-refractivity contribution in [2.45, 2.75) is 5.92 Å². The third-order valence-electron chi connectivity index (χ3n) is 4.28. The highest BCUT2D eigenvalue weighted by Crippen LogP contribution is 2.34. The molecule has 1 aromatic heterocycles. The molecule has 0 aliphatic carbocycles. The summed E-state index contributed by atoms with van der Waals surface area (Å²) in [6.45, 7) is 0.275. The summed E-state index contributed by atoms with van der Waals surface area (Å²) in [5, 5.41) is 6.74. The molecule has 0 fully saturated rings. The Morgan fingerprint density at radius 1 is 1.19 bits per heavy atom. The molecule has 1 atom stereocenters. The van der Waals surface area contributed by atoms with E-state index in [1.165, 1.54) is 6.20 Å². The minimum Gasteiger partial charge on any atom is -0.492 e. The minimum absolute atomic E-state index is 0.257. The molecule has 3 aromatic rings. The molecular weight excluding hydrogens is 346 g/mol. The van der Waals surface area contributed by atoms with Crippen LogP contribution in [0.5, 0.6) is 11.5 Å². The largest absolute Gasteiger partial charge is 0.492 e. The number of fused-ring (bicyclic) bond motifs is 1. The van der Waals surface area contributed by atoms with Crippen molar-refractivity contribution in [2.24, 2.45) is 7.05 Å². The van der Waals surface area contributed by atoms with Gasteiger partial charge in [0.2, 0.25) is 0 Å². The number of nitrogens with zero attached hydrogens (tertiary/aromatic N) is 2. The molecule has 7 nitrogen and oxygen atoms in total. The second-order valence-electron chi connectivity index (χ2n) is 6.20. The number of nitrogens with one attached hydrogen (secondary N) is 1. The van der Waals surface area contributed by atoms with Crippen LogP contribution >= 0.6 is 0 Å². The van der Waals surface area contributed by atoms with Gasteiger partial charge in [-0.2, -0.15) is 5.10 Å². The highest BCUT2D eigenvalue weighted by Gasteiger charge is 2.31. The quantitative estimate of drug-likeness (QED) is 0.569. The van der Waals surface area contributed by atoms with Crippen molar-refractivity contribution in [2.75, 3.05) is 11.9 Å². The lowest BCUT2D eigenvalue weighted by Gasteiger charge is -2.10. The van der Waals surface area contributed by atoms with Crippen LogP contribution in [0.1, 0.15) is 21.8 Å². The summed E-state index contributed by atoms with van der Waals surface area (Å²) in [4.78, 5) is 24.6. The van der Waals surface area contributed by atoms with Gasteiger partial charge in [-0.3, -0.25) is 14.3 Å². The Morgan fingerprint density at radius 2 is 1.96 bits per heavy atom. The molecule has 27 heavy (non-hydrogen) atoms. The van der Waals surface area contributed by atoms with E-state index in [4.69, 9.17) is 9.47 Å². The fourth-order valence-electron chi connectivity index (χ4n) is 2.89. The zero-order chi connectivity index (χ0) is 18.8. The second-order valence-corrected chi connectivity index (χ2v) is 6.20. The summed E-state index contributed by atoms with van der Waals surface area (Å²) >= 11 is 0. The molecule has 1 aliphatic heterocycles. The molecule has 0 saturated carbocycles. The summed E-state index contributed by atoms with van der Waals surface area (Å²) < 4.78 is 12.5. The summed E-state index contributed by atoms with van der Waals surface area (Å²) in [7, 11) is 1.74. The molecule has 2 heterocycles. The Bertz CT molecular complexity index is 994. The van der Waals surface area contributed by atoms with E-state index < -0.39 is 5.92 Å². The second kappa shape index (κ2) is 6.95. The van der Waals surface area contributed by atoms with Crippen LogP contribution in [0.4, 0.5) is 5.69 Å². The highest BCUT2D eigenvalue weighted by atomic mass is 16.5. The van der Waals surface area contributed by atoms with Crippen LogP contribution in [0, 0.1) is 0 Å². The van der Waals surface area contributed by atoms with Gasteiger partial charge < -0.3 is 14.8 Å². The fraction of sp³-hybridized carbons (Fsp3) is 0.150. The van der Waals surface area contributed by atoms with E-state index in [-0.39, 0.29) is 18.5 Å². The number of esters is 1. The van der Waals surface area contributed by atoms with Crippen molar-refractivity contribution in [3.63, 3.8) is 0 Å². The van der Waals surface area contributed by atoms with Crippen molar-refractivity contribution < 1.29 is 19.1 Å². The number of carbonyl (C=O) groups excluding carboxylic acids is 2. The van der Waals surface area contributed by atoms with E-state index in [1.807, 2.05) is 24.3 Å². The summed E-state index contributed by atoms with van der Waals surface area (Å²) in [5.41, 5.74) is 1.90. The highest BCUT2D eigenvalue weighted by molar-refractivity contribution is 6.03. The summed E-state index contributed by atoms with van der Waals surface area (Å²) in [6, 6.07) is 14.1. The normalized spacial score (nSPS) is 14.9. The van der Waals surface area contributed by atoms with Gasteiger partial charge in [-0.05, 0) is 30.3 Å². The maximum atomic E-state index is 12.4. The van der Waals surface area contributed by atoms with Crippen LogP contribution in [-0.4, -0.2) is 28.3 Å².